The quantitative estimate of drug-likeness (QED) is 0.757. The van der Waals surface area contributed by atoms with Crippen LogP contribution in [-0.2, 0) is 13.2 Å². The van der Waals surface area contributed by atoms with Crippen molar-refractivity contribution in [3.63, 3.8) is 0 Å². The molecule has 0 aliphatic carbocycles. The number of aryl methyl sites for hydroxylation is 1. The van der Waals surface area contributed by atoms with Crippen molar-refractivity contribution in [2.24, 2.45) is 7.05 Å². The Morgan fingerprint density at radius 3 is 2.60 bits per heavy atom. The number of nitrogens with zero attached hydrogens (tertiary/aromatic N) is 3. The van der Waals surface area contributed by atoms with Gasteiger partial charge >= 0.3 is 6.18 Å². The van der Waals surface area contributed by atoms with Crippen LogP contribution >= 0.6 is 11.5 Å². The Kier molecular flexibility index (Phi) is 2.26. The van der Waals surface area contributed by atoms with Gasteiger partial charge in [-0.05, 0) is 17.6 Å². The van der Waals surface area contributed by atoms with Crippen LogP contribution in [0.4, 0.5) is 13.2 Å². The molecule has 0 fully saturated rings. The number of aromatic nitrogens is 3. The van der Waals surface area contributed by atoms with E-state index in [1.54, 1.807) is 5.38 Å². The van der Waals surface area contributed by atoms with E-state index in [9.17, 15) is 13.2 Å². The predicted molar refractivity (Wildman–Crippen MR) is 49.3 cm³/mol. The molecule has 0 aliphatic heterocycles. The maximum Gasteiger partial charge on any atom is 0.435 e. The van der Waals surface area contributed by atoms with Crippen LogP contribution in [0.1, 0.15) is 5.69 Å². The summed E-state index contributed by atoms with van der Waals surface area (Å²) in [5.41, 5.74) is 0.174. The Labute approximate surface area is 87.3 Å². The normalized spacial score (nSPS) is 12.0. The van der Waals surface area contributed by atoms with E-state index in [-0.39, 0.29) is 0 Å². The third-order valence-electron chi connectivity index (χ3n) is 1.90. The largest absolute Gasteiger partial charge is 0.435 e. The molecule has 15 heavy (non-hydrogen) atoms. The zero-order chi connectivity index (χ0) is 11.1. The van der Waals surface area contributed by atoms with Gasteiger partial charge < -0.3 is 0 Å². The van der Waals surface area contributed by atoms with E-state index in [2.05, 4.69) is 9.47 Å². The van der Waals surface area contributed by atoms with Crippen molar-refractivity contribution in [1.29, 1.82) is 0 Å². The summed E-state index contributed by atoms with van der Waals surface area (Å²) in [6, 6.07) is 1.02. The molecule has 0 atom stereocenters. The molecule has 0 bridgehead atoms. The first kappa shape index (κ1) is 10.2. The fraction of sp³-hybridized carbons (Fsp3) is 0.250. The molecule has 80 valence electrons. The Morgan fingerprint density at radius 2 is 2.13 bits per heavy atom. The van der Waals surface area contributed by atoms with Gasteiger partial charge in [-0.1, -0.05) is 0 Å². The van der Waals surface area contributed by atoms with Crippen LogP contribution in [0.5, 0.6) is 0 Å². The fourth-order valence-electron chi connectivity index (χ4n) is 1.21. The highest BCUT2D eigenvalue weighted by Gasteiger charge is 2.34. The van der Waals surface area contributed by atoms with E-state index < -0.39 is 11.9 Å². The molecule has 0 radical (unpaired) electrons. The lowest BCUT2D eigenvalue weighted by atomic mass is 10.2. The van der Waals surface area contributed by atoms with E-state index in [1.807, 2.05) is 0 Å². The molecular formula is C8H6F3N3S. The SMILES string of the molecule is Cn1nc(C(F)(F)F)cc1-c1cnsc1. The molecule has 2 aromatic heterocycles. The number of halogens is 3. The van der Waals surface area contributed by atoms with E-state index in [4.69, 9.17) is 0 Å². The van der Waals surface area contributed by atoms with Crippen LogP contribution in [-0.4, -0.2) is 14.2 Å². The second-order valence-corrected chi connectivity index (χ2v) is 3.61. The average molecular weight is 233 g/mol. The lowest BCUT2D eigenvalue weighted by Gasteiger charge is -1.98. The van der Waals surface area contributed by atoms with E-state index in [0.29, 0.717) is 11.3 Å². The number of alkyl halides is 3. The molecule has 0 spiro atoms. The molecule has 2 rings (SSSR count). The average Bonchev–Trinajstić information content (AvgIpc) is 2.69. The maximum atomic E-state index is 12.3. The monoisotopic (exact) mass is 233 g/mol. The fourth-order valence-corrected chi connectivity index (χ4v) is 1.74. The van der Waals surface area contributed by atoms with Crippen molar-refractivity contribution in [3.05, 3.63) is 23.3 Å². The molecular weight excluding hydrogens is 227 g/mol. The van der Waals surface area contributed by atoms with Crippen molar-refractivity contribution in [3.8, 4) is 11.3 Å². The van der Waals surface area contributed by atoms with Crippen LogP contribution in [0.2, 0.25) is 0 Å². The van der Waals surface area contributed by atoms with Crippen molar-refractivity contribution < 1.29 is 13.2 Å². The number of hydrogen-bond donors (Lipinski definition) is 0. The van der Waals surface area contributed by atoms with Crippen LogP contribution in [0, 0.1) is 0 Å². The minimum absolute atomic E-state index is 0.413. The summed E-state index contributed by atoms with van der Waals surface area (Å²) in [5, 5.41) is 5.08. The van der Waals surface area contributed by atoms with Gasteiger partial charge in [0, 0.05) is 18.0 Å². The van der Waals surface area contributed by atoms with E-state index >= 15 is 0 Å². The summed E-state index contributed by atoms with van der Waals surface area (Å²) in [5.74, 6) is 0. The topological polar surface area (TPSA) is 30.7 Å². The maximum absolute atomic E-state index is 12.3. The third kappa shape index (κ3) is 1.87. The predicted octanol–water partition coefficient (Wildman–Crippen LogP) is 2.56. The Morgan fingerprint density at radius 1 is 1.40 bits per heavy atom. The molecule has 7 heteroatoms. The van der Waals surface area contributed by atoms with Crippen LogP contribution in [0.25, 0.3) is 11.3 Å². The molecule has 2 aromatic rings. The Bertz CT molecular complexity index is 458. The second kappa shape index (κ2) is 3.34. The first-order valence-electron chi connectivity index (χ1n) is 3.99. The van der Waals surface area contributed by atoms with Gasteiger partial charge in [0.2, 0.25) is 0 Å². The lowest BCUT2D eigenvalue weighted by Crippen LogP contribution is -2.06. The summed E-state index contributed by atoms with van der Waals surface area (Å²) in [7, 11) is 1.47. The number of hydrogen-bond acceptors (Lipinski definition) is 3. The third-order valence-corrected chi connectivity index (χ3v) is 2.48. The van der Waals surface area contributed by atoms with Gasteiger partial charge in [0.1, 0.15) is 0 Å². The molecule has 2 heterocycles. The molecule has 0 N–H and O–H groups in total. The molecule has 0 unspecified atom stereocenters. The molecule has 0 saturated heterocycles. The van der Waals surface area contributed by atoms with Crippen LogP contribution < -0.4 is 0 Å². The lowest BCUT2D eigenvalue weighted by molar-refractivity contribution is -0.141. The summed E-state index contributed by atoms with van der Waals surface area (Å²) < 4.78 is 42.0. The first-order valence-corrected chi connectivity index (χ1v) is 4.83. The summed E-state index contributed by atoms with van der Waals surface area (Å²) in [6.45, 7) is 0. The highest BCUT2D eigenvalue weighted by molar-refractivity contribution is 7.03. The second-order valence-electron chi connectivity index (χ2n) is 2.95. The van der Waals surface area contributed by atoms with Crippen LogP contribution in [0.3, 0.4) is 0 Å². The van der Waals surface area contributed by atoms with E-state index in [0.717, 1.165) is 6.07 Å². The molecule has 3 nitrogen and oxygen atoms in total. The summed E-state index contributed by atoms with van der Waals surface area (Å²) in [4.78, 5) is 0. The summed E-state index contributed by atoms with van der Waals surface area (Å²) in [6.07, 6.45) is -2.89. The zero-order valence-corrected chi connectivity index (χ0v) is 8.43. The van der Waals surface area contributed by atoms with Gasteiger partial charge in [0.15, 0.2) is 5.69 Å². The van der Waals surface area contributed by atoms with Crippen molar-refractivity contribution >= 4 is 11.5 Å². The molecule has 0 amide bonds. The van der Waals surface area contributed by atoms with Crippen LogP contribution in [0.15, 0.2) is 17.6 Å². The van der Waals surface area contributed by atoms with Gasteiger partial charge in [-0.2, -0.15) is 18.3 Å². The van der Waals surface area contributed by atoms with Crippen molar-refractivity contribution in [1.82, 2.24) is 14.2 Å². The molecule has 0 aromatic carbocycles. The van der Waals surface area contributed by atoms with Gasteiger partial charge in [0.25, 0.3) is 0 Å². The minimum Gasteiger partial charge on any atom is -0.267 e. The molecule has 0 aliphatic rings. The first-order chi connectivity index (χ1) is 6.98. The zero-order valence-electron chi connectivity index (χ0n) is 7.62. The highest BCUT2D eigenvalue weighted by Crippen LogP contribution is 2.31. The van der Waals surface area contributed by atoms with E-state index in [1.165, 1.54) is 29.5 Å². The van der Waals surface area contributed by atoms with Crippen molar-refractivity contribution in [2.45, 2.75) is 6.18 Å². The smallest absolute Gasteiger partial charge is 0.267 e. The van der Waals surface area contributed by atoms with Crippen molar-refractivity contribution in [2.75, 3.05) is 0 Å². The van der Waals surface area contributed by atoms with Gasteiger partial charge in [0.05, 0.1) is 11.9 Å². The van der Waals surface area contributed by atoms with Gasteiger partial charge in [-0.15, -0.1) is 0 Å². The van der Waals surface area contributed by atoms with Gasteiger partial charge in [-0.25, -0.2) is 4.37 Å². The standard InChI is InChI=1S/C8H6F3N3S/c1-14-6(5-3-12-15-4-5)2-7(13-14)8(9,10)11/h2-4H,1H3. The Balaban J connectivity index is 2.47. The number of rotatable bonds is 1. The molecule has 0 saturated carbocycles. The summed E-state index contributed by atoms with van der Waals surface area (Å²) >= 11 is 1.19. The minimum atomic E-state index is -4.40. The Hall–Kier alpha value is -1.37. The van der Waals surface area contributed by atoms with Gasteiger partial charge in [-0.3, -0.25) is 4.68 Å². The highest BCUT2D eigenvalue weighted by atomic mass is 32.1.